The monoisotopic (exact) mass is 351 g/mol. The molecule has 3 heterocycles. The molecule has 8 nitrogen and oxygen atoms in total. The molecule has 2 aromatic rings. The molecular weight excluding hydrogens is 334 g/mol. The minimum atomic E-state index is -1.08. The predicted molar refractivity (Wildman–Crippen MR) is 86.9 cm³/mol. The van der Waals surface area contributed by atoms with Crippen molar-refractivity contribution in [2.45, 2.75) is 18.6 Å². The molecule has 0 atom stereocenters. The van der Waals surface area contributed by atoms with Gasteiger partial charge in [-0.2, -0.15) is 0 Å². The van der Waals surface area contributed by atoms with Crippen LogP contribution >= 0.6 is 11.8 Å². The van der Waals surface area contributed by atoms with Gasteiger partial charge in [0, 0.05) is 31.7 Å². The summed E-state index contributed by atoms with van der Waals surface area (Å²) in [5.74, 6) is 0.539. The van der Waals surface area contributed by atoms with E-state index >= 15 is 0 Å². The Morgan fingerprint density at radius 1 is 1.33 bits per heavy atom. The van der Waals surface area contributed by atoms with Gasteiger partial charge in [0.25, 0.3) is 5.22 Å². The Bertz CT molecular complexity index is 733. The summed E-state index contributed by atoms with van der Waals surface area (Å²) in [5, 5.41) is 17.2. The van der Waals surface area contributed by atoms with Crippen molar-refractivity contribution < 1.29 is 23.5 Å². The van der Waals surface area contributed by atoms with Crippen molar-refractivity contribution in [3.8, 4) is 0 Å². The molecule has 3 rings (SSSR count). The molecule has 9 heteroatoms. The van der Waals surface area contributed by atoms with Crippen LogP contribution in [0.3, 0.4) is 0 Å². The van der Waals surface area contributed by atoms with Crippen molar-refractivity contribution in [1.29, 1.82) is 0 Å². The van der Waals surface area contributed by atoms with Gasteiger partial charge in [-0.25, -0.2) is 4.79 Å². The highest BCUT2D eigenvalue weighted by molar-refractivity contribution is 8.03. The zero-order valence-corrected chi connectivity index (χ0v) is 13.9. The molecule has 0 aromatic carbocycles. The van der Waals surface area contributed by atoms with Crippen LogP contribution in [-0.2, 0) is 16.0 Å². The predicted octanol–water partition coefficient (Wildman–Crippen LogP) is 2.28. The van der Waals surface area contributed by atoms with Gasteiger partial charge in [-0.1, -0.05) is 6.92 Å². The molecule has 1 aliphatic heterocycles. The zero-order valence-electron chi connectivity index (χ0n) is 13.1. The third kappa shape index (κ3) is 3.98. The number of furan rings is 1. The summed E-state index contributed by atoms with van der Waals surface area (Å²) >= 11 is 0.900. The number of nitrogens with zero attached hydrogens (tertiary/aromatic N) is 3. The Hall–Kier alpha value is -2.26. The molecule has 0 bridgehead atoms. The summed E-state index contributed by atoms with van der Waals surface area (Å²) in [6, 6.07) is 3.56. The Morgan fingerprint density at radius 2 is 2.12 bits per heavy atom. The van der Waals surface area contributed by atoms with E-state index in [9.17, 15) is 9.90 Å². The third-order valence-electron chi connectivity index (χ3n) is 3.37. The van der Waals surface area contributed by atoms with E-state index in [4.69, 9.17) is 13.6 Å². The van der Waals surface area contributed by atoms with Crippen LogP contribution in [0.5, 0.6) is 0 Å². The first-order chi connectivity index (χ1) is 11.7. The number of aryl methyl sites for hydroxylation is 1. The quantitative estimate of drug-likeness (QED) is 0.620. The van der Waals surface area contributed by atoms with Crippen molar-refractivity contribution in [3.05, 3.63) is 28.7 Å². The highest BCUT2D eigenvalue weighted by Crippen LogP contribution is 2.29. The van der Waals surface area contributed by atoms with Crippen molar-refractivity contribution >= 4 is 29.7 Å². The molecule has 1 N–H and O–H groups in total. The Labute approximate surface area is 142 Å². The number of carboxylic acids is 1. The van der Waals surface area contributed by atoms with Gasteiger partial charge in [-0.15, -0.1) is 10.2 Å². The normalized spacial score (nSPS) is 15.7. The number of hydrogen-bond acceptors (Lipinski definition) is 8. The van der Waals surface area contributed by atoms with E-state index in [-0.39, 0.29) is 10.1 Å². The van der Waals surface area contributed by atoms with Gasteiger partial charge in [-0.3, -0.25) is 0 Å². The number of ether oxygens (including phenoxy) is 1. The summed E-state index contributed by atoms with van der Waals surface area (Å²) < 4.78 is 16.4. The lowest BCUT2D eigenvalue weighted by Crippen LogP contribution is -2.35. The Kier molecular flexibility index (Phi) is 5.21. The smallest absolute Gasteiger partial charge is 0.342 e. The fraction of sp³-hybridized carbons (Fsp3) is 0.400. The first kappa shape index (κ1) is 16.6. The average Bonchev–Trinajstić information content (AvgIpc) is 3.24. The molecule has 128 valence electrons. The van der Waals surface area contributed by atoms with Crippen molar-refractivity contribution in [3.63, 3.8) is 0 Å². The van der Waals surface area contributed by atoms with Crippen LogP contribution in [0.2, 0.25) is 0 Å². The molecule has 24 heavy (non-hydrogen) atoms. The van der Waals surface area contributed by atoms with Crippen LogP contribution in [0.25, 0.3) is 6.08 Å². The van der Waals surface area contributed by atoms with Crippen molar-refractivity contribution in [2.75, 3.05) is 31.2 Å². The topological polar surface area (TPSA) is 102 Å². The molecule has 0 aliphatic carbocycles. The number of carbonyl (C=O) groups is 1. The minimum Gasteiger partial charge on any atom is -0.477 e. The van der Waals surface area contributed by atoms with Gasteiger partial charge in [-0.05, 0) is 17.8 Å². The van der Waals surface area contributed by atoms with E-state index in [0.717, 1.165) is 24.9 Å². The van der Waals surface area contributed by atoms with Crippen LogP contribution in [0.4, 0.5) is 5.88 Å². The molecular formula is C15H17N3O5S. The van der Waals surface area contributed by atoms with E-state index in [1.807, 2.05) is 13.0 Å². The first-order valence-electron chi connectivity index (χ1n) is 7.53. The van der Waals surface area contributed by atoms with Gasteiger partial charge in [0.15, 0.2) is 5.88 Å². The van der Waals surface area contributed by atoms with Gasteiger partial charge in [0.05, 0.1) is 13.2 Å². The number of rotatable bonds is 6. The maximum atomic E-state index is 11.4. The molecule has 2 aromatic heterocycles. The Balaban J connectivity index is 1.75. The van der Waals surface area contributed by atoms with E-state index in [1.54, 1.807) is 6.07 Å². The summed E-state index contributed by atoms with van der Waals surface area (Å²) in [5.41, 5.74) is 0. The summed E-state index contributed by atoms with van der Waals surface area (Å²) in [7, 11) is 0. The second kappa shape index (κ2) is 7.54. The standard InChI is InChI=1S/C15H17N3O5S/c1-2-12-16-17-15(23-12)24-11(14(19)20)9-10-3-4-13(22-10)18-5-7-21-8-6-18/h3-4,9H,2,5-8H2,1H3,(H,19,20)/b11-9+. The Morgan fingerprint density at radius 3 is 2.79 bits per heavy atom. The van der Waals surface area contributed by atoms with E-state index in [1.165, 1.54) is 6.08 Å². The molecule has 1 aliphatic rings. The number of carboxylic acid groups (broad SMARTS) is 1. The van der Waals surface area contributed by atoms with Gasteiger partial charge in [0.2, 0.25) is 5.89 Å². The number of hydrogen-bond donors (Lipinski definition) is 1. The number of anilines is 1. The lowest BCUT2D eigenvalue weighted by atomic mass is 10.4. The first-order valence-corrected chi connectivity index (χ1v) is 8.35. The summed E-state index contributed by atoms with van der Waals surface area (Å²) in [4.78, 5) is 13.5. The second-order valence-electron chi connectivity index (χ2n) is 5.01. The number of aliphatic carboxylic acids is 1. The molecule has 1 saturated heterocycles. The van der Waals surface area contributed by atoms with Crippen LogP contribution in [-0.4, -0.2) is 47.6 Å². The molecule has 0 amide bonds. The van der Waals surface area contributed by atoms with Crippen LogP contribution in [0.1, 0.15) is 18.6 Å². The summed E-state index contributed by atoms with van der Waals surface area (Å²) in [6.45, 7) is 4.68. The molecule has 0 saturated carbocycles. The highest BCUT2D eigenvalue weighted by atomic mass is 32.2. The van der Waals surface area contributed by atoms with Crippen LogP contribution < -0.4 is 4.90 Å². The molecule has 0 radical (unpaired) electrons. The van der Waals surface area contributed by atoms with Crippen molar-refractivity contribution in [1.82, 2.24) is 10.2 Å². The average molecular weight is 351 g/mol. The van der Waals surface area contributed by atoms with E-state index in [2.05, 4.69) is 15.1 Å². The lowest BCUT2D eigenvalue weighted by molar-refractivity contribution is -0.131. The van der Waals surface area contributed by atoms with E-state index in [0.29, 0.717) is 37.2 Å². The highest BCUT2D eigenvalue weighted by Gasteiger charge is 2.17. The number of morpholine rings is 1. The largest absolute Gasteiger partial charge is 0.477 e. The van der Waals surface area contributed by atoms with E-state index < -0.39 is 5.97 Å². The fourth-order valence-electron chi connectivity index (χ4n) is 2.15. The van der Waals surface area contributed by atoms with Gasteiger partial charge < -0.3 is 23.6 Å². The third-order valence-corrected chi connectivity index (χ3v) is 4.22. The zero-order chi connectivity index (χ0) is 16.9. The van der Waals surface area contributed by atoms with Crippen LogP contribution in [0.15, 0.2) is 31.1 Å². The van der Waals surface area contributed by atoms with Gasteiger partial charge >= 0.3 is 5.97 Å². The maximum Gasteiger partial charge on any atom is 0.342 e. The van der Waals surface area contributed by atoms with Gasteiger partial charge in [0.1, 0.15) is 10.7 Å². The fourth-order valence-corrected chi connectivity index (χ4v) is 2.82. The van der Waals surface area contributed by atoms with Crippen molar-refractivity contribution in [2.24, 2.45) is 0 Å². The number of aromatic nitrogens is 2. The maximum absolute atomic E-state index is 11.4. The number of thioether (sulfide) groups is 1. The lowest BCUT2D eigenvalue weighted by Gasteiger charge is -2.26. The second-order valence-corrected chi connectivity index (χ2v) is 6.00. The molecule has 0 spiro atoms. The SMILES string of the molecule is CCc1nnc(S/C(=C/c2ccc(N3CCOCC3)o2)C(=O)O)o1. The summed E-state index contributed by atoms with van der Waals surface area (Å²) in [6.07, 6.45) is 2.05. The molecule has 0 unspecified atom stereocenters. The minimum absolute atomic E-state index is 0.0455. The molecule has 1 fully saturated rings. The van der Waals surface area contributed by atoms with Crippen LogP contribution in [0, 0.1) is 0 Å².